The molecule has 10 nitrogen and oxygen atoms in total. The molecule has 0 aliphatic carbocycles. The van der Waals surface area contributed by atoms with Crippen molar-refractivity contribution in [1.29, 1.82) is 5.26 Å². The Hall–Kier alpha value is -4.54. The van der Waals surface area contributed by atoms with E-state index in [2.05, 4.69) is 9.97 Å². The summed E-state index contributed by atoms with van der Waals surface area (Å²) in [5.74, 6) is -1.53. The molecule has 4 saturated heterocycles. The Bertz CT molecular complexity index is 2310. The van der Waals surface area contributed by atoms with Crippen LogP contribution < -0.4 is 15.4 Å². The summed E-state index contributed by atoms with van der Waals surface area (Å²) in [4.78, 5) is 27.1. The number of halogens is 8. The van der Waals surface area contributed by atoms with Crippen LogP contribution in [-0.2, 0) is 21.9 Å². The number of nitrogen functional groups attached to an aromatic ring is 1. The minimum absolute atomic E-state index is 0.0481. The van der Waals surface area contributed by atoms with Crippen molar-refractivity contribution < 1.29 is 49.4 Å². The predicted octanol–water partition coefficient (Wildman–Crippen LogP) is 7.70. The molecule has 0 radical (unpaired) electrons. The number of fused-ring (bicyclic) bond motifs is 3. The van der Waals surface area contributed by atoms with Crippen LogP contribution in [0.15, 0.2) is 18.2 Å². The maximum absolute atomic E-state index is 15.8. The van der Waals surface area contributed by atoms with E-state index in [9.17, 15) is 14.4 Å². The largest absolute Gasteiger partial charge is 0.461 e. The first-order valence-corrected chi connectivity index (χ1v) is 19.4. The molecule has 304 valence electrons. The van der Waals surface area contributed by atoms with E-state index in [1.54, 1.807) is 29.7 Å². The lowest BCUT2D eigenvalue weighted by atomic mass is 9.88. The molecule has 0 unspecified atom stereocenters. The fourth-order valence-corrected chi connectivity index (χ4v) is 10.2. The second kappa shape index (κ2) is 14.1. The number of likely N-dealkylation sites (tertiary alicyclic amines) is 1. The van der Waals surface area contributed by atoms with E-state index >= 15 is 30.7 Å². The summed E-state index contributed by atoms with van der Waals surface area (Å²) in [6.07, 6.45) is -10.5. The van der Waals surface area contributed by atoms with E-state index in [-0.39, 0.29) is 49.4 Å². The normalized spacial score (nSPS) is 25.2. The first-order chi connectivity index (χ1) is 27.0. The van der Waals surface area contributed by atoms with Crippen molar-refractivity contribution in [2.24, 2.45) is 0 Å². The zero-order valence-corrected chi connectivity index (χ0v) is 31.6. The number of thiophene rings is 1. The van der Waals surface area contributed by atoms with Crippen LogP contribution >= 0.6 is 11.3 Å². The van der Waals surface area contributed by atoms with Gasteiger partial charge < -0.3 is 25.0 Å². The summed E-state index contributed by atoms with van der Waals surface area (Å²) in [7, 11) is 0. The second-order valence-corrected chi connectivity index (χ2v) is 16.1. The number of alkyl halides is 7. The Labute approximate surface area is 325 Å². The minimum atomic E-state index is -5.52. The standard InChI is InChI=1S/C38H37F8N7O3S/c1-3-52(25-7-11-53(18(25)2)34(54)26-8-12-55-26)33-21-13-23(37(41,42)43)28(20-5-6-24(40)31-27(20)22(15-47)32(48)57-31)29(38(44,45)46)30(21)49-35(50-33)56-17-36-9-4-10-51(36)16-19(39)14-36/h5-6,13,18-19,25-26H,3-4,7-12,14,16-17,48H2,1-2H3/t18-,19+,25-,26+,36-/m0/s1. The summed E-state index contributed by atoms with van der Waals surface area (Å²) >= 11 is 0.529. The van der Waals surface area contributed by atoms with Gasteiger partial charge in [0.05, 0.1) is 45.1 Å². The third-order valence-electron chi connectivity index (χ3n) is 12.0. The third-order valence-corrected chi connectivity index (χ3v) is 13.0. The van der Waals surface area contributed by atoms with Gasteiger partial charge in [0.1, 0.15) is 41.6 Å². The van der Waals surface area contributed by atoms with E-state index in [0.29, 0.717) is 49.8 Å². The first-order valence-electron chi connectivity index (χ1n) is 18.6. The SMILES string of the molecule is CCN(c1nc(OC[C@@]23CCCN2C[C@H](F)C3)nc2c(C(F)(F)F)c(-c3ccc(F)c4sc(N)c(C#N)c34)c(C(F)(F)F)cc12)[C@H]1CCN(C(=O)[C@H]2CCO2)[C@H]1C. The van der Waals surface area contributed by atoms with Crippen molar-refractivity contribution in [2.45, 2.75) is 88.2 Å². The van der Waals surface area contributed by atoms with Crippen LogP contribution in [0.2, 0.25) is 0 Å². The van der Waals surface area contributed by atoms with E-state index in [0.717, 1.165) is 18.6 Å². The van der Waals surface area contributed by atoms with Crippen molar-refractivity contribution in [3.63, 3.8) is 0 Å². The summed E-state index contributed by atoms with van der Waals surface area (Å²) in [5, 5.41) is 8.54. The first kappa shape index (κ1) is 39.3. The van der Waals surface area contributed by atoms with Crippen LogP contribution in [0.5, 0.6) is 6.01 Å². The van der Waals surface area contributed by atoms with Crippen LogP contribution in [0.3, 0.4) is 0 Å². The van der Waals surface area contributed by atoms with E-state index in [1.807, 2.05) is 4.90 Å². The van der Waals surface area contributed by atoms with E-state index in [4.69, 9.17) is 15.2 Å². The summed E-state index contributed by atoms with van der Waals surface area (Å²) in [6.45, 7) is 4.70. The van der Waals surface area contributed by atoms with Gasteiger partial charge in [0.15, 0.2) is 0 Å². The number of likely N-dealkylation sites (N-methyl/N-ethyl adjacent to an activating group) is 1. The van der Waals surface area contributed by atoms with Crippen LogP contribution in [-0.4, -0.2) is 95.0 Å². The topological polar surface area (TPSA) is 121 Å². The average Bonchev–Trinajstić information content (AvgIpc) is 3.86. The van der Waals surface area contributed by atoms with Gasteiger partial charge in [-0.05, 0) is 57.4 Å². The number of benzene rings is 2. The number of nitrogens with two attached hydrogens (primary N) is 1. The monoisotopic (exact) mass is 823 g/mol. The molecule has 0 saturated carbocycles. The maximum Gasteiger partial charge on any atom is 0.419 e. The molecule has 4 aromatic rings. The highest BCUT2D eigenvalue weighted by Gasteiger charge is 2.50. The molecule has 19 heteroatoms. The number of rotatable bonds is 8. The number of nitriles is 1. The third kappa shape index (κ3) is 6.47. The summed E-state index contributed by atoms with van der Waals surface area (Å²) < 4.78 is 134. The fourth-order valence-electron chi connectivity index (χ4n) is 9.26. The quantitative estimate of drug-likeness (QED) is 0.178. The highest BCUT2D eigenvalue weighted by Crippen LogP contribution is 2.52. The Morgan fingerprint density at radius 2 is 1.93 bits per heavy atom. The molecule has 6 heterocycles. The van der Waals surface area contributed by atoms with Gasteiger partial charge in [0.25, 0.3) is 5.91 Å². The van der Waals surface area contributed by atoms with Crippen molar-refractivity contribution >= 4 is 49.1 Å². The summed E-state index contributed by atoms with van der Waals surface area (Å²) in [5.41, 5.74) is -1.85. The Balaban J connectivity index is 1.38. The lowest BCUT2D eigenvalue weighted by molar-refractivity contribution is -0.156. The van der Waals surface area contributed by atoms with Gasteiger partial charge in [-0.3, -0.25) is 9.69 Å². The molecule has 2 aromatic heterocycles. The van der Waals surface area contributed by atoms with Gasteiger partial charge in [-0.15, -0.1) is 11.3 Å². The Kier molecular flexibility index (Phi) is 9.71. The zero-order valence-electron chi connectivity index (χ0n) is 30.7. The number of amides is 1. The number of nitrogens with zero attached hydrogens (tertiary/aromatic N) is 6. The molecule has 0 spiro atoms. The summed E-state index contributed by atoms with van der Waals surface area (Å²) in [6, 6.07) is 2.03. The number of hydrogen-bond acceptors (Lipinski definition) is 10. The number of ether oxygens (including phenoxy) is 2. The number of carbonyl (C=O) groups excluding carboxylic acids is 1. The van der Waals surface area contributed by atoms with Gasteiger partial charge in [0, 0.05) is 54.9 Å². The van der Waals surface area contributed by atoms with Crippen molar-refractivity contribution in [3.8, 4) is 23.2 Å². The van der Waals surface area contributed by atoms with E-state index in [1.165, 1.54) is 0 Å². The van der Waals surface area contributed by atoms with Crippen molar-refractivity contribution in [2.75, 3.05) is 50.0 Å². The highest BCUT2D eigenvalue weighted by molar-refractivity contribution is 7.23. The molecule has 8 rings (SSSR count). The number of hydrogen-bond donors (Lipinski definition) is 1. The molecule has 4 aliphatic heterocycles. The van der Waals surface area contributed by atoms with Crippen LogP contribution in [0, 0.1) is 17.1 Å². The molecule has 2 N–H and O–H groups in total. The van der Waals surface area contributed by atoms with Crippen molar-refractivity contribution in [3.05, 3.63) is 40.7 Å². The molecule has 2 aromatic carbocycles. The molecule has 4 fully saturated rings. The lowest BCUT2D eigenvalue weighted by Gasteiger charge is -2.37. The molecule has 5 atom stereocenters. The lowest BCUT2D eigenvalue weighted by Crippen LogP contribution is -2.51. The molecular formula is C38H37F8N7O3S. The fraction of sp³-hybridized carbons (Fsp3) is 0.526. The predicted molar refractivity (Wildman–Crippen MR) is 195 cm³/mol. The minimum Gasteiger partial charge on any atom is -0.461 e. The Morgan fingerprint density at radius 3 is 2.58 bits per heavy atom. The molecule has 0 bridgehead atoms. The zero-order chi connectivity index (χ0) is 40.8. The highest BCUT2D eigenvalue weighted by atomic mass is 32.1. The second-order valence-electron chi connectivity index (χ2n) is 15.1. The van der Waals surface area contributed by atoms with Gasteiger partial charge in [-0.25, -0.2) is 8.78 Å². The van der Waals surface area contributed by atoms with Crippen LogP contribution in [0.1, 0.15) is 62.6 Å². The Morgan fingerprint density at radius 1 is 1.18 bits per heavy atom. The van der Waals surface area contributed by atoms with E-state index < -0.39 is 103 Å². The molecule has 4 aliphatic rings. The van der Waals surface area contributed by atoms with Crippen molar-refractivity contribution in [1.82, 2.24) is 19.8 Å². The van der Waals surface area contributed by atoms with Gasteiger partial charge in [-0.2, -0.15) is 41.6 Å². The maximum atomic E-state index is 15.8. The van der Waals surface area contributed by atoms with Crippen LogP contribution in [0.25, 0.3) is 32.1 Å². The molecule has 57 heavy (non-hydrogen) atoms. The van der Waals surface area contributed by atoms with Crippen LogP contribution in [0.4, 0.5) is 45.9 Å². The van der Waals surface area contributed by atoms with Gasteiger partial charge in [-0.1, -0.05) is 6.07 Å². The number of anilines is 2. The van der Waals surface area contributed by atoms with Gasteiger partial charge >= 0.3 is 18.4 Å². The smallest absolute Gasteiger partial charge is 0.419 e. The van der Waals surface area contributed by atoms with Gasteiger partial charge in [0.2, 0.25) is 0 Å². The molecule has 1 amide bonds. The number of aromatic nitrogens is 2. The average molecular weight is 824 g/mol. The molecular weight excluding hydrogens is 787 g/mol. The number of carbonyl (C=O) groups is 1.